The molecule has 0 spiro atoms. The molecule has 0 aliphatic rings. The maximum atomic E-state index is 9.45. The van der Waals surface area contributed by atoms with Gasteiger partial charge in [-0.05, 0) is 31.0 Å². The van der Waals surface area contributed by atoms with E-state index in [0.29, 0.717) is 6.61 Å². The SMILES string of the molecule is C[CH]C(O)c1ccc(OCC)cc1. The smallest absolute Gasteiger partial charge is 0.119 e. The van der Waals surface area contributed by atoms with Crippen LogP contribution in [0.1, 0.15) is 25.5 Å². The first-order valence-electron chi connectivity index (χ1n) is 4.48. The molecular formula is C11H15O2. The van der Waals surface area contributed by atoms with E-state index >= 15 is 0 Å². The highest BCUT2D eigenvalue weighted by molar-refractivity contribution is 5.29. The van der Waals surface area contributed by atoms with E-state index in [1.165, 1.54) is 0 Å². The third kappa shape index (κ3) is 2.74. The number of aliphatic hydroxyl groups is 1. The summed E-state index contributed by atoms with van der Waals surface area (Å²) in [6, 6.07) is 7.47. The number of rotatable bonds is 4. The molecule has 2 heteroatoms. The van der Waals surface area contributed by atoms with Crippen LogP contribution in [0.2, 0.25) is 0 Å². The van der Waals surface area contributed by atoms with Gasteiger partial charge in [0.15, 0.2) is 0 Å². The Hall–Kier alpha value is -1.02. The molecule has 1 radical (unpaired) electrons. The van der Waals surface area contributed by atoms with Crippen molar-refractivity contribution in [2.24, 2.45) is 0 Å². The summed E-state index contributed by atoms with van der Waals surface area (Å²) in [4.78, 5) is 0. The quantitative estimate of drug-likeness (QED) is 0.768. The number of aliphatic hydroxyl groups excluding tert-OH is 1. The molecule has 0 aliphatic carbocycles. The molecule has 0 aromatic heterocycles. The van der Waals surface area contributed by atoms with E-state index in [1.54, 1.807) is 6.42 Å². The summed E-state index contributed by atoms with van der Waals surface area (Å²) >= 11 is 0. The molecule has 1 rings (SSSR count). The third-order valence-corrected chi connectivity index (χ3v) is 1.85. The van der Waals surface area contributed by atoms with E-state index in [1.807, 2.05) is 38.1 Å². The first-order chi connectivity index (χ1) is 6.27. The Morgan fingerprint density at radius 1 is 1.38 bits per heavy atom. The van der Waals surface area contributed by atoms with E-state index in [4.69, 9.17) is 4.74 Å². The van der Waals surface area contributed by atoms with Gasteiger partial charge in [-0.2, -0.15) is 0 Å². The normalized spacial score (nSPS) is 12.5. The average Bonchev–Trinajstić information content (AvgIpc) is 2.18. The molecule has 0 fully saturated rings. The van der Waals surface area contributed by atoms with Crippen LogP contribution in [0, 0.1) is 6.42 Å². The molecule has 1 atom stereocenters. The maximum absolute atomic E-state index is 9.45. The Morgan fingerprint density at radius 2 is 2.00 bits per heavy atom. The second-order valence-corrected chi connectivity index (χ2v) is 2.78. The zero-order chi connectivity index (χ0) is 9.68. The fourth-order valence-electron chi connectivity index (χ4n) is 1.12. The molecule has 0 bridgehead atoms. The maximum Gasteiger partial charge on any atom is 0.119 e. The summed E-state index contributed by atoms with van der Waals surface area (Å²) in [7, 11) is 0. The zero-order valence-corrected chi connectivity index (χ0v) is 8.03. The third-order valence-electron chi connectivity index (χ3n) is 1.85. The van der Waals surface area contributed by atoms with Crippen LogP contribution in [0.25, 0.3) is 0 Å². The lowest BCUT2D eigenvalue weighted by Gasteiger charge is -2.08. The van der Waals surface area contributed by atoms with Crippen LogP contribution in [0.3, 0.4) is 0 Å². The van der Waals surface area contributed by atoms with E-state index in [2.05, 4.69) is 0 Å². The van der Waals surface area contributed by atoms with Crippen molar-refractivity contribution in [1.29, 1.82) is 0 Å². The Labute approximate surface area is 79.2 Å². The number of benzene rings is 1. The van der Waals surface area contributed by atoms with Gasteiger partial charge >= 0.3 is 0 Å². The fraction of sp³-hybridized carbons (Fsp3) is 0.364. The number of hydrogen-bond donors (Lipinski definition) is 1. The predicted molar refractivity (Wildman–Crippen MR) is 52.5 cm³/mol. The molecule has 0 saturated heterocycles. The lowest BCUT2D eigenvalue weighted by molar-refractivity contribution is 0.212. The molecule has 1 unspecified atom stereocenters. The Bertz CT molecular complexity index is 241. The van der Waals surface area contributed by atoms with Gasteiger partial charge in [0.2, 0.25) is 0 Å². The monoisotopic (exact) mass is 179 g/mol. The minimum atomic E-state index is -0.476. The second kappa shape index (κ2) is 4.87. The predicted octanol–water partition coefficient (Wildman–Crippen LogP) is 2.34. The van der Waals surface area contributed by atoms with Crippen LogP contribution >= 0.6 is 0 Å². The van der Waals surface area contributed by atoms with Gasteiger partial charge in [-0.3, -0.25) is 0 Å². The molecule has 2 nitrogen and oxygen atoms in total. The molecule has 1 aromatic rings. The van der Waals surface area contributed by atoms with Crippen molar-refractivity contribution in [3.05, 3.63) is 36.2 Å². The fourth-order valence-corrected chi connectivity index (χ4v) is 1.12. The van der Waals surface area contributed by atoms with Crippen LogP contribution in [-0.2, 0) is 0 Å². The van der Waals surface area contributed by atoms with Gasteiger partial charge in [-0.25, -0.2) is 0 Å². The summed E-state index contributed by atoms with van der Waals surface area (Å²) in [6.07, 6.45) is 1.27. The van der Waals surface area contributed by atoms with Crippen LogP contribution in [0.15, 0.2) is 24.3 Å². The van der Waals surface area contributed by atoms with Crippen LogP contribution in [-0.4, -0.2) is 11.7 Å². The van der Waals surface area contributed by atoms with E-state index in [0.717, 1.165) is 11.3 Å². The summed E-state index contributed by atoms with van der Waals surface area (Å²) in [5.41, 5.74) is 0.894. The van der Waals surface area contributed by atoms with Crippen molar-refractivity contribution in [2.45, 2.75) is 20.0 Å². The molecule has 13 heavy (non-hydrogen) atoms. The Balaban J connectivity index is 2.69. The first-order valence-corrected chi connectivity index (χ1v) is 4.48. The van der Waals surface area contributed by atoms with Crippen molar-refractivity contribution < 1.29 is 9.84 Å². The molecule has 71 valence electrons. The highest BCUT2D eigenvalue weighted by atomic mass is 16.5. The Morgan fingerprint density at radius 3 is 2.46 bits per heavy atom. The van der Waals surface area contributed by atoms with Gasteiger partial charge in [0.05, 0.1) is 12.7 Å². The van der Waals surface area contributed by atoms with Gasteiger partial charge in [0.25, 0.3) is 0 Å². The Kier molecular flexibility index (Phi) is 3.77. The summed E-state index contributed by atoms with van der Waals surface area (Å²) < 4.78 is 5.28. The van der Waals surface area contributed by atoms with Gasteiger partial charge in [0, 0.05) is 0 Å². The summed E-state index contributed by atoms with van der Waals surface area (Å²) in [5.74, 6) is 0.842. The summed E-state index contributed by atoms with van der Waals surface area (Å²) in [6.45, 7) is 4.45. The first kappa shape index (κ1) is 10.1. The molecule has 1 N–H and O–H groups in total. The highest BCUT2D eigenvalue weighted by Gasteiger charge is 2.03. The van der Waals surface area contributed by atoms with Gasteiger partial charge in [-0.1, -0.05) is 19.1 Å². The van der Waals surface area contributed by atoms with Crippen LogP contribution < -0.4 is 4.74 Å². The van der Waals surface area contributed by atoms with Crippen molar-refractivity contribution in [2.75, 3.05) is 6.61 Å². The van der Waals surface area contributed by atoms with E-state index in [-0.39, 0.29) is 0 Å². The van der Waals surface area contributed by atoms with Crippen LogP contribution in [0.5, 0.6) is 5.75 Å². The van der Waals surface area contributed by atoms with E-state index in [9.17, 15) is 5.11 Å². The summed E-state index contributed by atoms with van der Waals surface area (Å²) in [5, 5.41) is 9.45. The van der Waals surface area contributed by atoms with Crippen molar-refractivity contribution in [1.82, 2.24) is 0 Å². The molecule has 0 amide bonds. The van der Waals surface area contributed by atoms with Gasteiger partial charge in [0.1, 0.15) is 5.75 Å². The van der Waals surface area contributed by atoms with Crippen molar-refractivity contribution in [3.8, 4) is 5.75 Å². The molecular weight excluding hydrogens is 164 g/mol. The minimum Gasteiger partial charge on any atom is -0.494 e. The van der Waals surface area contributed by atoms with Gasteiger partial charge < -0.3 is 9.84 Å². The highest BCUT2D eigenvalue weighted by Crippen LogP contribution is 2.19. The second-order valence-electron chi connectivity index (χ2n) is 2.78. The lowest BCUT2D eigenvalue weighted by Crippen LogP contribution is -1.96. The van der Waals surface area contributed by atoms with Crippen molar-refractivity contribution in [3.63, 3.8) is 0 Å². The van der Waals surface area contributed by atoms with E-state index < -0.39 is 6.10 Å². The molecule has 0 aliphatic heterocycles. The number of hydrogen-bond acceptors (Lipinski definition) is 2. The zero-order valence-electron chi connectivity index (χ0n) is 8.03. The van der Waals surface area contributed by atoms with Gasteiger partial charge in [-0.15, -0.1) is 0 Å². The largest absolute Gasteiger partial charge is 0.494 e. The van der Waals surface area contributed by atoms with Crippen molar-refractivity contribution >= 4 is 0 Å². The lowest BCUT2D eigenvalue weighted by atomic mass is 10.1. The molecule has 0 saturated carbocycles. The minimum absolute atomic E-state index is 0.476. The number of ether oxygens (including phenoxy) is 1. The van der Waals surface area contributed by atoms with Crippen LogP contribution in [0.4, 0.5) is 0 Å². The average molecular weight is 179 g/mol. The topological polar surface area (TPSA) is 29.5 Å². The molecule has 0 heterocycles. The molecule has 1 aromatic carbocycles. The standard InChI is InChI=1S/C11H15O2/c1-3-11(12)9-5-7-10(8-6-9)13-4-2/h3,5-8,11-12H,4H2,1-2H3.